The van der Waals surface area contributed by atoms with Gasteiger partial charge in [0.25, 0.3) is 0 Å². The third-order valence-electron chi connectivity index (χ3n) is 9.73. The molecule has 236 valence electrons. The van der Waals surface area contributed by atoms with Crippen LogP contribution in [0.5, 0.6) is 0 Å². The number of Topliss-reactive ketones (excluding diaryl/α,β-unsaturated/α-hetero) is 1. The van der Waals surface area contributed by atoms with E-state index in [9.17, 15) is 19.2 Å². The number of hydrogen-bond acceptors (Lipinski definition) is 8. The largest absolute Gasteiger partial charge is 0.458 e. The van der Waals surface area contributed by atoms with Gasteiger partial charge in [-0.3, -0.25) is 19.3 Å². The predicted octanol–water partition coefficient (Wildman–Crippen LogP) is 3.92. The highest BCUT2D eigenvalue weighted by atomic mass is 16.6. The Kier molecular flexibility index (Phi) is 12.3. The van der Waals surface area contributed by atoms with Crippen LogP contribution in [0.4, 0.5) is 4.79 Å². The molecular formula is C29H50BN5O7. The summed E-state index contributed by atoms with van der Waals surface area (Å²) in [5.41, 5.74) is 6.61. The lowest BCUT2D eigenvalue weighted by molar-refractivity contribution is -0.171. The summed E-state index contributed by atoms with van der Waals surface area (Å²) >= 11 is 0. The van der Waals surface area contributed by atoms with Crippen molar-refractivity contribution < 1.29 is 33.4 Å². The molecule has 0 N–H and O–H groups in total. The van der Waals surface area contributed by atoms with Gasteiger partial charge in [-0.05, 0) is 70.6 Å². The van der Waals surface area contributed by atoms with Crippen molar-refractivity contribution in [2.24, 2.45) is 22.9 Å². The molecule has 0 aliphatic carbocycles. The van der Waals surface area contributed by atoms with Crippen LogP contribution in [0.25, 0.3) is 10.4 Å². The van der Waals surface area contributed by atoms with Crippen molar-refractivity contribution in [1.29, 1.82) is 0 Å². The summed E-state index contributed by atoms with van der Waals surface area (Å²) in [5.74, 6) is -2.82. The van der Waals surface area contributed by atoms with Gasteiger partial charge in [-0.2, -0.15) is 0 Å². The van der Waals surface area contributed by atoms with E-state index in [1.807, 2.05) is 42.5 Å². The SMILES string of the molecule is B[C@@H]1[C@@H](C)C(=O)[C@@H](C)C(=O)O[C@H](CC)[C@@]2(C)OC(=O)N(CCCCN=[N+]=[N-])[C@@H]2[C@@H](C)N(C(C)=O)C[C@H](C)C[C@@]1(C)OC. The zero-order valence-corrected chi connectivity index (χ0v) is 27.1. The van der Waals surface area contributed by atoms with Crippen molar-refractivity contribution in [2.45, 2.75) is 116 Å². The first-order chi connectivity index (χ1) is 19.6. The Bertz CT molecular complexity index is 1060. The number of ether oxygens (including phenoxy) is 3. The molecule has 0 saturated carbocycles. The molecule has 2 saturated heterocycles. The van der Waals surface area contributed by atoms with Gasteiger partial charge >= 0.3 is 12.1 Å². The van der Waals surface area contributed by atoms with E-state index in [0.717, 1.165) is 0 Å². The van der Waals surface area contributed by atoms with E-state index in [1.54, 1.807) is 30.8 Å². The number of cyclic esters (lactones) is 1. The average molecular weight is 592 g/mol. The fraction of sp³-hybridized carbons (Fsp3) is 0.862. The highest BCUT2D eigenvalue weighted by Crippen LogP contribution is 2.42. The minimum Gasteiger partial charge on any atom is -0.458 e. The van der Waals surface area contributed by atoms with Crippen LogP contribution >= 0.6 is 0 Å². The fourth-order valence-corrected chi connectivity index (χ4v) is 6.90. The number of nitrogens with zero attached hydrogens (tertiary/aromatic N) is 5. The van der Waals surface area contributed by atoms with Gasteiger partial charge < -0.3 is 19.1 Å². The molecule has 0 radical (unpaired) electrons. The Labute approximate surface area is 251 Å². The smallest absolute Gasteiger partial charge is 0.410 e. The molecule has 0 unspecified atom stereocenters. The van der Waals surface area contributed by atoms with Gasteiger partial charge in [0.1, 0.15) is 25.7 Å². The van der Waals surface area contributed by atoms with E-state index in [2.05, 4.69) is 10.0 Å². The van der Waals surface area contributed by atoms with Crippen molar-refractivity contribution in [3.8, 4) is 0 Å². The Hall–Kier alpha value is -2.79. The number of esters is 1. The molecule has 2 aliphatic heterocycles. The molecule has 0 spiro atoms. The zero-order valence-electron chi connectivity index (χ0n) is 27.1. The minimum atomic E-state index is -1.30. The topological polar surface area (TPSA) is 151 Å². The Balaban J connectivity index is 2.66. The normalized spacial score (nSPS) is 36.7. The molecule has 2 fully saturated rings. The van der Waals surface area contributed by atoms with E-state index in [0.29, 0.717) is 45.3 Å². The van der Waals surface area contributed by atoms with Crippen LogP contribution in [0.3, 0.4) is 0 Å². The minimum absolute atomic E-state index is 0.0185. The highest BCUT2D eigenvalue weighted by Gasteiger charge is 2.59. The van der Waals surface area contributed by atoms with Crippen LogP contribution in [-0.4, -0.2) is 97.5 Å². The van der Waals surface area contributed by atoms with Crippen LogP contribution in [-0.2, 0) is 28.6 Å². The number of unbranched alkanes of at least 4 members (excludes halogenated alkanes) is 1. The summed E-state index contributed by atoms with van der Waals surface area (Å²) in [5, 5.41) is 3.58. The Morgan fingerprint density at radius 2 is 1.83 bits per heavy atom. The maximum atomic E-state index is 13.5. The molecule has 12 nitrogen and oxygen atoms in total. The molecule has 2 amide bonds. The number of azide groups is 1. The summed E-state index contributed by atoms with van der Waals surface area (Å²) in [6.45, 7) is 15.4. The third-order valence-corrected chi connectivity index (χ3v) is 9.73. The Morgan fingerprint density at radius 3 is 2.38 bits per heavy atom. The van der Waals surface area contributed by atoms with E-state index in [4.69, 9.17) is 19.7 Å². The maximum absolute atomic E-state index is 13.5. The summed E-state index contributed by atoms with van der Waals surface area (Å²) < 4.78 is 18.0. The monoisotopic (exact) mass is 591 g/mol. The molecule has 2 heterocycles. The number of methoxy groups -OCH3 is 1. The summed E-state index contributed by atoms with van der Waals surface area (Å²) in [6.07, 6.45) is 0.580. The first kappa shape index (κ1) is 35.4. The summed E-state index contributed by atoms with van der Waals surface area (Å²) in [4.78, 5) is 59.7. The number of ketones is 1. The Morgan fingerprint density at radius 1 is 1.19 bits per heavy atom. The van der Waals surface area contributed by atoms with Gasteiger partial charge in [-0.25, -0.2) is 4.79 Å². The van der Waals surface area contributed by atoms with Crippen molar-refractivity contribution in [3.05, 3.63) is 10.4 Å². The lowest BCUT2D eigenvalue weighted by Crippen LogP contribution is -2.62. The molecular weight excluding hydrogens is 541 g/mol. The van der Waals surface area contributed by atoms with Gasteiger partial charge in [0.15, 0.2) is 5.60 Å². The second kappa shape index (κ2) is 14.6. The molecule has 0 aromatic rings. The summed E-state index contributed by atoms with van der Waals surface area (Å²) in [6, 6.07) is -1.15. The van der Waals surface area contributed by atoms with E-state index >= 15 is 0 Å². The standard InChI is InChI=1S/C29H50BN5O7/c1-10-22-29(8)25(34(27(39)42-29)14-12-11-13-32-33-31)20(5)35(21(6)36)16-17(2)15-28(7,40-9)24(30)18(3)23(37)19(4)26(38)41-22/h17-20,22,24-25H,10-16,30H2,1-9H3/t17-,18+,19-,20-,22-,24-,25-,28-,29-/m1/s1. The molecule has 2 aliphatic rings. The van der Waals surface area contributed by atoms with Crippen molar-refractivity contribution in [1.82, 2.24) is 9.80 Å². The maximum Gasteiger partial charge on any atom is 0.410 e. The number of rotatable bonds is 7. The lowest BCUT2D eigenvalue weighted by Gasteiger charge is -2.44. The molecule has 2 rings (SSSR count). The third kappa shape index (κ3) is 7.40. The van der Waals surface area contributed by atoms with Crippen LogP contribution in [0.15, 0.2) is 5.11 Å². The van der Waals surface area contributed by atoms with Gasteiger partial charge in [0.2, 0.25) is 5.91 Å². The summed E-state index contributed by atoms with van der Waals surface area (Å²) in [7, 11) is 3.58. The molecule has 42 heavy (non-hydrogen) atoms. The molecule has 0 aromatic carbocycles. The predicted molar refractivity (Wildman–Crippen MR) is 160 cm³/mol. The second-order valence-corrected chi connectivity index (χ2v) is 12.6. The zero-order chi connectivity index (χ0) is 32.0. The van der Waals surface area contributed by atoms with E-state index in [-0.39, 0.29) is 23.4 Å². The van der Waals surface area contributed by atoms with Crippen LogP contribution < -0.4 is 0 Å². The molecule has 9 atom stereocenters. The number of hydrogen-bond donors (Lipinski definition) is 0. The average Bonchev–Trinajstić information content (AvgIpc) is 3.20. The quantitative estimate of drug-likeness (QED) is 0.0828. The molecule has 13 heteroatoms. The fourth-order valence-electron chi connectivity index (χ4n) is 6.90. The van der Waals surface area contributed by atoms with Gasteiger partial charge in [-0.15, -0.1) is 0 Å². The number of amides is 2. The lowest BCUT2D eigenvalue weighted by atomic mass is 9.62. The van der Waals surface area contributed by atoms with Crippen LogP contribution in [0.1, 0.15) is 81.1 Å². The van der Waals surface area contributed by atoms with Crippen LogP contribution in [0.2, 0.25) is 5.82 Å². The van der Waals surface area contributed by atoms with Gasteiger partial charge in [-0.1, -0.05) is 25.9 Å². The van der Waals surface area contributed by atoms with Crippen molar-refractivity contribution >= 4 is 31.6 Å². The first-order valence-corrected chi connectivity index (χ1v) is 15.2. The van der Waals surface area contributed by atoms with E-state index < -0.39 is 53.3 Å². The second-order valence-electron chi connectivity index (χ2n) is 12.6. The number of carbonyl (C=O) groups excluding carboxylic acids is 4. The molecule has 0 bridgehead atoms. The number of fused-ring (bicyclic) bond motifs is 1. The first-order valence-electron chi connectivity index (χ1n) is 15.2. The van der Waals surface area contributed by atoms with Gasteiger partial charge in [0, 0.05) is 44.5 Å². The van der Waals surface area contributed by atoms with Crippen molar-refractivity contribution in [3.63, 3.8) is 0 Å². The number of carbonyl (C=O) groups is 4. The van der Waals surface area contributed by atoms with Gasteiger partial charge in [0.05, 0.1) is 17.7 Å². The van der Waals surface area contributed by atoms with E-state index in [1.165, 1.54) is 6.92 Å². The van der Waals surface area contributed by atoms with Crippen LogP contribution in [0, 0.1) is 17.8 Å². The van der Waals surface area contributed by atoms with Crippen molar-refractivity contribution in [2.75, 3.05) is 26.7 Å². The highest BCUT2D eigenvalue weighted by molar-refractivity contribution is 6.15. The molecule has 0 aromatic heterocycles.